The summed E-state index contributed by atoms with van der Waals surface area (Å²) in [6.45, 7) is 3.14. The van der Waals surface area contributed by atoms with Gasteiger partial charge in [0.25, 0.3) is 5.91 Å². The van der Waals surface area contributed by atoms with E-state index in [9.17, 15) is 4.79 Å². The maximum absolute atomic E-state index is 12.4. The molecule has 7 heteroatoms. The smallest absolute Gasteiger partial charge is 0.258 e. The van der Waals surface area contributed by atoms with E-state index < -0.39 is 0 Å². The first-order valence-corrected chi connectivity index (χ1v) is 9.88. The molecule has 1 aliphatic heterocycles. The minimum absolute atomic E-state index is 0.171. The van der Waals surface area contributed by atoms with Crippen LogP contribution in [0.2, 0.25) is 5.02 Å². The second-order valence-corrected chi connectivity index (χ2v) is 8.02. The number of carbonyl (C=O) groups is 1. The Bertz CT molecular complexity index is 700. The highest BCUT2D eigenvalue weighted by atomic mass is 127. The Morgan fingerprint density at radius 2 is 2.13 bits per heavy atom. The molecule has 1 aliphatic rings. The number of anilines is 1. The first-order chi connectivity index (χ1) is 11.1. The van der Waals surface area contributed by atoms with Crippen molar-refractivity contribution < 1.29 is 4.79 Å². The minimum atomic E-state index is -0.171. The van der Waals surface area contributed by atoms with Gasteiger partial charge in [-0.1, -0.05) is 18.0 Å². The van der Waals surface area contributed by atoms with E-state index in [-0.39, 0.29) is 5.91 Å². The number of amides is 1. The van der Waals surface area contributed by atoms with Gasteiger partial charge >= 0.3 is 0 Å². The Hall–Kier alpha value is -0.700. The van der Waals surface area contributed by atoms with Crippen LogP contribution in [0.4, 0.5) is 5.13 Å². The summed E-state index contributed by atoms with van der Waals surface area (Å²) in [4.78, 5) is 19.3. The van der Waals surface area contributed by atoms with E-state index in [0.717, 1.165) is 28.9 Å². The lowest BCUT2D eigenvalue weighted by Gasteiger charge is -2.25. The summed E-state index contributed by atoms with van der Waals surface area (Å²) >= 11 is 9.57. The van der Waals surface area contributed by atoms with Gasteiger partial charge in [0.2, 0.25) is 0 Å². The molecular weight excluding hydrogens is 445 g/mol. The molecule has 0 radical (unpaired) electrons. The van der Waals surface area contributed by atoms with Crippen molar-refractivity contribution >= 4 is 56.6 Å². The predicted molar refractivity (Wildman–Crippen MR) is 103 cm³/mol. The lowest BCUT2D eigenvalue weighted by atomic mass is 10.1. The lowest BCUT2D eigenvalue weighted by molar-refractivity contribution is 0.102. The molecule has 1 fully saturated rings. The van der Waals surface area contributed by atoms with Crippen LogP contribution in [-0.2, 0) is 6.54 Å². The Labute approximate surface area is 158 Å². The maximum Gasteiger partial charge on any atom is 0.258 e. The fourth-order valence-electron chi connectivity index (χ4n) is 2.62. The Kier molecular flexibility index (Phi) is 5.90. The highest BCUT2D eigenvalue weighted by Gasteiger charge is 2.15. The number of nitrogens with one attached hydrogen (secondary N) is 1. The van der Waals surface area contributed by atoms with Crippen LogP contribution in [0.5, 0.6) is 0 Å². The molecule has 1 amide bonds. The van der Waals surface area contributed by atoms with E-state index in [4.69, 9.17) is 11.6 Å². The molecule has 1 aromatic heterocycles. The van der Waals surface area contributed by atoms with Gasteiger partial charge < -0.3 is 0 Å². The molecule has 122 valence electrons. The SMILES string of the molecule is O=C(Nc1nc(CN2CCCCC2)cs1)c1cc(Cl)ccc1I. The lowest BCUT2D eigenvalue weighted by Crippen LogP contribution is -2.29. The van der Waals surface area contributed by atoms with Crippen molar-refractivity contribution in [3.8, 4) is 0 Å². The van der Waals surface area contributed by atoms with Crippen LogP contribution >= 0.6 is 45.5 Å². The van der Waals surface area contributed by atoms with Crippen molar-refractivity contribution in [1.82, 2.24) is 9.88 Å². The van der Waals surface area contributed by atoms with Crippen LogP contribution in [0, 0.1) is 3.57 Å². The number of aromatic nitrogens is 1. The number of benzene rings is 1. The van der Waals surface area contributed by atoms with Crippen molar-refractivity contribution in [3.05, 3.63) is 43.4 Å². The Morgan fingerprint density at radius 3 is 2.91 bits per heavy atom. The molecular formula is C16H17ClIN3OS. The fourth-order valence-corrected chi connectivity index (χ4v) is 4.07. The molecule has 3 rings (SSSR count). The van der Waals surface area contributed by atoms with Gasteiger partial charge in [-0.25, -0.2) is 4.98 Å². The number of thiazole rings is 1. The highest BCUT2D eigenvalue weighted by molar-refractivity contribution is 14.1. The molecule has 0 bridgehead atoms. The summed E-state index contributed by atoms with van der Waals surface area (Å²) in [6.07, 6.45) is 3.86. The van der Waals surface area contributed by atoms with Crippen LogP contribution in [0.15, 0.2) is 23.6 Å². The molecule has 1 aromatic carbocycles. The zero-order valence-electron chi connectivity index (χ0n) is 12.5. The van der Waals surface area contributed by atoms with Crippen LogP contribution < -0.4 is 5.32 Å². The molecule has 1 saturated heterocycles. The Balaban J connectivity index is 1.64. The second kappa shape index (κ2) is 7.92. The van der Waals surface area contributed by atoms with Gasteiger partial charge in [-0.05, 0) is 66.7 Å². The number of hydrogen-bond acceptors (Lipinski definition) is 4. The van der Waals surface area contributed by atoms with Crippen molar-refractivity contribution in [3.63, 3.8) is 0 Å². The summed E-state index contributed by atoms with van der Waals surface area (Å²) in [5.74, 6) is -0.171. The molecule has 0 saturated carbocycles. The summed E-state index contributed by atoms with van der Waals surface area (Å²) < 4.78 is 0.870. The summed E-state index contributed by atoms with van der Waals surface area (Å²) in [7, 11) is 0. The van der Waals surface area contributed by atoms with Crippen molar-refractivity contribution in [2.75, 3.05) is 18.4 Å². The molecule has 23 heavy (non-hydrogen) atoms. The number of piperidine rings is 1. The third-order valence-electron chi connectivity index (χ3n) is 3.78. The summed E-state index contributed by atoms with van der Waals surface area (Å²) in [5, 5.41) is 6.08. The van der Waals surface area contributed by atoms with Crippen LogP contribution in [-0.4, -0.2) is 28.9 Å². The standard InChI is InChI=1S/C16H17ClIN3OS/c17-11-4-5-14(18)13(8-11)15(22)20-16-19-12(10-23-16)9-21-6-2-1-3-7-21/h4-5,8,10H,1-3,6-7,9H2,(H,19,20,22). The summed E-state index contributed by atoms with van der Waals surface area (Å²) in [5.41, 5.74) is 1.60. The zero-order chi connectivity index (χ0) is 16.2. The van der Waals surface area contributed by atoms with E-state index in [1.165, 1.54) is 30.6 Å². The number of carbonyl (C=O) groups excluding carboxylic acids is 1. The molecule has 1 N–H and O–H groups in total. The second-order valence-electron chi connectivity index (χ2n) is 5.56. The van der Waals surface area contributed by atoms with Crippen LogP contribution in [0.3, 0.4) is 0 Å². The van der Waals surface area contributed by atoms with E-state index in [2.05, 4.69) is 37.8 Å². The molecule has 0 unspecified atom stereocenters. The van der Waals surface area contributed by atoms with Crippen molar-refractivity contribution in [2.45, 2.75) is 25.8 Å². The Morgan fingerprint density at radius 1 is 1.35 bits per heavy atom. The normalized spacial score (nSPS) is 15.6. The number of likely N-dealkylation sites (tertiary alicyclic amines) is 1. The molecule has 0 aliphatic carbocycles. The number of hydrogen-bond donors (Lipinski definition) is 1. The van der Waals surface area contributed by atoms with Crippen LogP contribution in [0.25, 0.3) is 0 Å². The molecule has 0 atom stereocenters. The molecule has 4 nitrogen and oxygen atoms in total. The number of nitrogens with zero attached hydrogens (tertiary/aromatic N) is 2. The van der Waals surface area contributed by atoms with Gasteiger partial charge in [-0.2, -0.15) is 0 Å². The van der Waals surface area contributed by atoms with E-state index >= 15 is 0 Å². The average molecular weight is 462 g/mol. The zero-order valence-corrected chi connectivity index (χ0v) is 16.2. The average Bonchev–Trinajstić information content (AvgIpc) is 2.97. The highest BCUT2D eigenvalue weighted by Crippen LogP contribution is 2.22. The fraction of sp³-hybridized carbons (Fsp3) is 0.375. The summed E-state index contributed by atoms with van der Waals surface area (Å²) in [6, 6.07) is 5.29. The van der Waals surface area contributed by atoms with Crippen molar-refractivity contribution in [1.29, 1.82) is 0 Å². The van der Waals surface area contributed by atoms with E-state index in [1.54, 1.807) is 12.1 Å². The largest absolute Gasteiger partial charge is 0.298 e. The molecule has 0 spiro atoms. The van der Waals surface area contributed by atoms with Gasteiger partial charge in [-0.3, -0.25) is 15.0 Å². The molecule has 2 heterocycles. The first-order valence-electron chi connectivity index (χ1n) is 7.55. The van der Waals surface area contributed by atoms with Gasteiger partial charge in [-0.15, -0.1) is 11.3 Å². The minimum Gasteiger partial charge on any atom is -0.298 e. The topological polar surface area (TPSA) is 45.2 Å². The van der Waals surface area contributed by atoms with Gasteiger partial charge in [0.05, 0.1) is 11.3 Å². The van der Waals surface area contributed by atoms with Gasteiger partial charge in [0.1, 0.15) is 0 Å². The van der Waals surface area contributed by atoms with Gasteiger partial charge in [0, 0.05) is 20.5 Å². The predicted octanol–water partition coefficient (Wildman–Crippen LogP) is 4.64. The van der Waals surface area contributed by atoms with E-state index in [1.807, 2.05) is 11.4 Å². The third kappa shape index (κ3) is 4.65. The monoisotopic (exact) mass is 461 g/mol. The van der Waals surface area contributed by atoms with Crippen molar-refractivity contribution in [2.24, 2.45) is 0 Å². The first kappa shape index (κ1) is 17.1. The maximum atomic E-state index is 12.4. The van der Waals surface area contributed by atoms with Gasteiger partial charge in [0.15, 0.2) is 5.13 Å². The quantitative estimate of drug-likeness (QED) is 0.675. The third-order valence-corrected chi connectivity index (χ3v) is 5.76. The van der Waals surface area contributed by atoms with E-state index in [0.29, 0.717) is 15.7 Å². The number of halogens is 2. The number of rotatable bonds is 4. The van der Waals surface area contributed by atoms with Crippen LogP contribution in [0.1, 0.15) is 35.3 Å². The molecule has 2 aromatic rings.